The number of aromatic hydroxyl groups is 1. The Bertz CT molecular complexity index is 512. The van der Waals surface area contributed by atoms with Gasteiger partial charge in [-0.05, 0) is 37.2 Å². The maximum Gasteiger partial charge on any atom is 0.169 e. The van der Waals surface area contributed by atoms with Gasteiger partial charge in [-0.15, -0.1) is 0 Å². The molecule has 1 aromatic rings. The van der Waals surface area contributed by atoms with Gasteiger partial charge >= 0.3 is 0 Å². The summed E-state index contributed by atoms with van der Waals surface area (Å²) in [5.74, 6) is 0.314. The number of benzene rings is 1. The molecule has 1 atom stereocenters. The number of nitrogens with one attached hydrogen (secondary N) is 1. The van der Waals surface area contributed by atoms with Crippen LogP contribution >= 0.6 is 12.2 Å². The van der Waals surface area contributed by atoms with E-state index in [4.69, 9.17) is 17.0 Å². The maximum absolute atomic E-state index is 9.58. The quantitative estimate of drug-likeness (QED) is 0.824. The number of hydrogen-bond acceptors (Lipinski definition) is 4. The lowest BCUT2D eigenvalue weighted by molar-refractivity contribution is 0.113. The van der Waals surface area contributed by atoms with Crippen molar-refractivity contribution in [2.24, 2.45) is 0 Å². The van der Waals surface area contributed by atoms with Gasteiger partial charge in [0.2, 0.25) is 0 Å². The van der Waals surface area contributed by atoms with Gasteiger partial charge in [-0.25, -0.2) is 0 Å². The molecule has 0 amide bonds. The number of ether oxygens (including phenoxy) is 1. The third kappa shape index (κ3) is 3.81. The molecule has 2 saturated heterocycles. The van der Waals surface area contributed by atoms with Crippen LogP contribution in [0.25, 0.3) is 0 Å². The largest absolute Gasteiger partial charge is 0.508 e. The lowest BCUT2D eigenvalue weighted by Gasteiger charge is -2.37. The predicted octanol–water partition coefficient (Wildman–Crippen LogP) is 1.57. The van der Waals surface area contributed by atoms with Gasteiger partial charge in [-0.2, -0.15) is 0 Å². The van der Waals surface area contributed by atoms with Crippen LogP contribution < -0.4 is 10.2 Å². The van der Waals surface area contributed by atoms with Crippen LogP contribution in [0.1, 0.15) is 12.8 Å². The lowest BCUT2D eigenvalue weighted by Crippen LogP contribution is -2.52. The Kier molecular flexibility index (Phi) is 5.00. The summed E-state index contributed by atoms with van der Waals surface area (Å²) in [6.45, 7) is 5.30. The van der Waals surface area contributed by atoms with Crippen molar-refractivity contribution >= 4 is 23.0 Å². The molecule has 22 heavy (non-hydrogen) atoms. The second-order valence-electron chi connectivity index (χ2n) is 5.82. The molecular formula is C16H23N3O2S. The van der Waals surface area contributed by atoms with Gasteiger partial charge in [0.05, 0.1) is 6.10 Å². The predicted molar refractivity (Wildman–Crippen MR) is 91.5 cm³/mol. The van der Waals surface area contributed by atoms with Crippen molar-refractivity contribution in [2.75, 3.05) is 44.2 Å². The first-order chi connectivity index (χ1) is 10.7. The van der Waals surface area contributed by atoms with Crippen LogP contribution in [-0.4, -0.2) is 60.6 Å². The van der Waals surface area contributed by atoms with Crippen LogP contribution in [0.3, 0.4) is 0 Å². The summed E-state index contributed by atoms with van der Waals surface area (Å²) in [5.41, 5.74) is 1.07. The van der Waals surface area contributed by atoms with Gasteiger partial charge in [0.25, 0.3) is 0 Å². The van der Waals surface area contributed by atoms with E-state index in [-0.39, 0.29) is 0 Å². The average molecular weight is 321 g/mol. The Morgan fingerprint density at radius 3 is 2.82 bits per heavy atom. The minimum Gasteiger partial charge on any atom is -0.508 e. The molecular weight excluding hydrogens is 298 g/mol. The summed E-state index contributed by atoms with van der Waals surface area (Å²) in [6.07, 6.45) is 2.59. The van der Waals surface area contributed by atoms with Gasteiger partial charge in [0.15, 0.2) is 5.11 Å². The fourth-order valence-electron chi connectivity index (χ4n) is 2.98. The third-order valence-corrected chi connectivity index (χ3v) is 4.67. The maximum atomic E-state index is 9.58. The molecule has 5 nitrogen and oxygen atoms in total. The number of rotatable bonds is 3. The van der Waals surface area contributed by atoms with Crippen molar-refractivity contribution in [1.29, 1.82) is 0 Å². The number of piperazine rings is 1. The van der Waals surface area contributed by atoms with Crippen molar-refractivity contribution in [3.63, 3.8) is 0 Å². The molecule has 120 valence electrons. The zero-order valence-corrected chi connectivity index (χ0v) is 13.5. The zero-order chi connectivity index (χ0) is 15.4. The monoisotopic (exact) mass is 321 g/mol. The van der Waals surface area contributed by atoms with Crippen LogP contribution in [0.5, 0.6) is 5.75 Å². The Morgan fingerprint density at radius 1 is 1.32 bits per heavy atom. The van der Waals surface area contributed by atoms with E-state index in [1.165, 1.54) is 0 Å². The van der Waals surface area contributed by atoms with Crippen molar-refractivity contribution in [1.82, 2.24) is 10.2 Å². The van der Waals surface area contributed by atoms with Gasteiger partial charge in [0, 0.05) is 51.1 Å². The highest BCUT2D eigenvalue weighted by Crippen LogP contribution is 2.21. The van der Waals surface area contributed by atoms with E-state index in [1.54, 1.807) is 6.07 Å². The highest BCUT2D eigenvalue weighted by Gasteiger charge is 2.21. The summed E-state index contributed by atoms with van der Waals surface area (Å²) < 4.78 is 5.60. The van der Waals surface area contributed by atoms with Crippen molar-refractivity contribution in [3.05, 3.63) is 24.3 Å². The molecule has 2 aliphatic heterocycles. The number of hydrogen-bond donors (Lipinski definition) is 2. The molecule has 0 spiro atoms. The first-order valence-electron chi connectivity index (χ1n) is 7.91. The van der Waals surface area contributed by atoms with Crippen molar-refractivity contribution in [2.45, 2.75) is 18.9 Å². The molecule has 2 aliphatic rings. The van der Waals surface area contributed by atoms with Crippen LogP contribution in [0.15, 0.2) is 24.3 Å². The minimum atomic E-state index is 0.312. The summed E-state index contributed by atoms with van der Waals surface area (Å²) in [5, 5.41) is 13.7. The normalized spacial score (nSPS) is 21.9. The van der Waals surface area contributed by atoms with E-state index in [1.807, 2.05) is 18.2 Å². The molecule has 0 saturated carbocycles. The molecule has 3 rings (SSSR count). The van der Waals surface area contributed by atoms with Gasteiger partial charge in [-0.3, -0.25) is 0 Å². The number of thiocarbonyl (C=S) groups is 1. The molecule has 2 heterocycles. The highest BCUT2D eigenvalue weighted by molar-refractivity contribution is 7.80. The Labute approximate surface area is 136 Å². The standard InChI is InChI=1S/C16H23N3O2S/c20-14-4-1-3-13(11-14)18-6-8-19(9-7-18)16(22)17-12-15-5-2-10-21-15/h1,3-4,11,15,20H,2,5-10,12H2,(H,17,22). The number of nitrogens with zero attached hydrogens (tertiary/aromatic N) is 2. The molecule has 0 aromatic heterocycles. The van der Waals surface area contributed by atoms with E-state index in [0.717, 1.165) is 63.0 Å². The second-order valence-corrected chi connectivity index (χ2v) is 6.20. The summed E-state index contributed by atoms with van der Waals surface area (Å²) in [4.78, 5) is 4.49. The Hall–Kier alpha value is -1.53. The van der Waals surface area contributed by atoms with Crippen LogP contribution in [0.4, 0.5) is 5.69 Å². The topological polar surface area (TPSA) is 48.0 Å². The highest BCUT2D eigenvalue weighted by atomic mass is 32.1. The first kappa shape index (κ1) is 15.4. The van der Waals surface area contributed by atoms with Gasteiger partial charge in [-0.1, -0.05) is 6.07 Å². The Morgan fingerprint density at radius 2 is 2.14 bits per heavy atom. The zero-order valence-electron chi connectivity index (χ0n) is 12.7. The SMILES string of the molecule is Oc1cccc(N2CCN(C(=S)NCC3CCCO3)CC2)c1. The van der Waals surface area contributed by atoms with Crippen LogP contribution in [0, 0.1) is 0 Å². The molecule has 2 N–H and O–H groups in total. The van der Waals surface area contributed by atoms with E-state index in [2.05, 4.69) is 15.1 Å². The Balaban J connectivity index is 1.45. The lowest BCUT2D eigenvalue weighted by atomic mass is 10.2. The van der Waals surface area contributed by atoms with E-state index >= 15 is 0 Å². The summed E-state index contributed by atoms with van der Waals surface area (Å²) in [6, 6.07) is 7.42. The molecule has 0 bridgehead atoms. The van der Waals surface area contributed by atoms with E-state index in [9.17, 15) is 5.11 Å². The van der Waals surface area contributed by atoms with Gasteiger partial charge < -0.3 is 25.0 Å². The third-order valence-electron chi connectivity index (χ3n) is 4.27. The smallest absolute Gasteiger partial charge is 0.169 e. The molecule has 0 aliphatic carbocycles. The van der Waals surface area contributed by atoms with Crippen LogP contribution in [-0.2, 0) is 4.74 Å². The molecule has 6 heteroatoms. The van der Waals surface area contributed by atoms with Crippen LogP contribution in [0.2, 0.25) is 0 Å². The minimum absolute atomic E-state index is 0.312. The summed E-state index contributed by atoms with van der Waals surface area (Å²) in [7, 11) is 0. The number of phenolic OH excluding ortho intramolecular Hbond substituents is 1. The summed E-state index contributed by atoms with van der Waals surface area (Å²) >= 11 is 5.49. The fraction of sp³-hybridized carbons (Fsp3) is 0.562. The number of phenols is 1. The van der Waals surface area contributed by atoms with E-state index < -0.39 is 0 Å². The number of anilines is 1. The molecule has 1 unspecified atom stereocenters. The molecule has 0 radical (unpaired) electrons. The second kappa shape index (κ2) is 7.15. The molecule has 2 fully saturated rings. The molecule has 1 aromatic carbocycles. The first-order valence-corrected chi connectivity index (χ1v) is 8.31. The average Bonchev–Trinajstić information content (AvgIpc) is 3.06. The van der Waals surface area contributed by atoms with Gasteiger partial charge in [0.1, 0.15) is 5.75 Å². The van der Waals surface area contributed by atoms with Crippen molar-refractivity contribution < 1.29 is 9.84 Å². The fourth-order valence-corrected chi connectivity index (χ4v) is 3.24. The van der Waals surface area contributed by atoms with Crippen molar-refractivity contribution in [3.8, 4) is 5.75 Å². The van der Waals surface area contributed by atoms with E-state index in [0.29, 0.717) is 11.9 Å².